The van der Waals surface area contributed by atoms with Crippen molar-refractivity contribution in [2.24, 2.45) is 0 Å². The Morgan fingerprint density at radius 2 is 1.96 bits per heavy atom. The van der Waals surface area contributed by atoms with Gasteiger partial charge in [-0.25, -0.2) is 9.50 Å². The maximum Gasteiger partial charge on any atom is 0.220 e. The third-order valence-electron chi connectivity index (χ3n) is 4.32. The smallest absolute Gasteiger partial charge is 0.220 e. The lowest BCUT2D eigenvalue weighted by Crippen LogP contribution is -2.28. The number of benzene rings is 1. The number of para-hydroxylation sites is 1. The van der Waals surface area contributed by atoms with E-state index in [1.807, 2.05) is 61.7 Å². The van der Waals surface area contributed by atoms with Gasteiger partial charge >= 0.3 is 0 Å². The molecular weight excluding hydrogens is 328 g/mol. The van der Waals surface area contributed by atoms with Crippen LogP contribution in [0.1, 0.15) is 29.1 Å². The summed E-state index contributed by atoms with van der Waals surface area (Å²) in [6, 6.07) is 11.5. The quantitative estimate of drug-likeness (QED) is 0.664. The van der Waals surface area contributed by atoms with Gasteiger partial charge in [0.25, 0.3) is 0 Å². The summed E-state index contributed by atoms with van der Waals surface area (Å²) in [5.74, 6) is 0.819. The molecule has 26 heavy (non-hydrogen) atoms. The van der Waals surface area contributed by atoms with Gasteiger partial charge in [-0.2, -0.15) is 5.10 Å². The van der Waals surface area contributed by atoms with Crippen molar-refractivity contribution in [1.29, 1.82) is 0 Å². The van der Waals surface area contributed by atoms with Gasteiger partial charge in [0.05, 0.1) is 12.2 Å². The molecule has 1 N–H and O–H groups in total. The van der Waals surface area contributed by atoms with Gasteiger partial charge in [-0.3, -0.25) is 4.79 Å². The average Bonchev–Trinajstić information content (AvgIpc) is 3.00. The molecule has 0 fully saturated rings. The molecule has 0 saturated heterocycles. The topological polar surface area (TPSA) is 68.5 Å². The Labute approximate surface area is 153 Å². The number of hydrogen-bond acceptors (Lipinski definition) is 4. The lowest BCUT2D eigenvalue weighted by atomic mass is 10.1. The fraction of sp³-hybridized carbons (Fsp3) is 0.350. The van der Waals surface area contributed by atoms with Crippen LogP contribution in [0.5, 0.6) is 5.75 Å². The zero-order valence-corrected chi connectivity index (χ0v) is 15.5. The van der Waals surface area contributed by atoms with Gasteiger partial charge in [-0.15, -0.1) is 0 Å². The molecule has 6 nitrogen and oxygen atoms in total. The van der Waals surface area contributed by atoms with Crippen LogP contribution < -0.4 is 10.1 Å². The lowest BCUT2D eigenvalue weighted by molar-refractivity contribution is -0.121. The van der Waals surface area contributed by atoms with Gasteiger partial charge in [-0.1, -0.05) is 18.2 Å². The van der Waals surface area contributed by atoms with E-state index in [0.29, 0.717) is 26.0 Å². The van der Waals surface area contributed by atoms with Crippen molar-refractivity contribution in [3.05, 3.63) is 59.0 Å². The fourth-order valence-corrected chi connectivity index (χ4v) is 3.01. The number of fused-ring (bicyclic) bond motifs is 1. The number of nitrogens with zero attached hydrogens (tertiary/aromatic N) is 3. The van der Waals surface area contributed by atoms with Gasteiger partial charge in [0.15, 0.2) is 5.65 Å². The second-order valence-electron chi connectivity index (χ2n) is 6.33. The van der Waals surface area contributed by atoms with Crippen molar-refractivity contribution < 1.29 is 9.53 Å². The highest BCUT2D eigenvalue weighted by Gasteiger charge is 2.12. The molecule has 0 aliphatic rings. The Morgan fingerprint density at radius 3 is 2.73 bits per heavy atom. The Bertz CT molecular complexity index is 903. The highest BCUT2D eigenvalue weighted by molar-refractivity contribution is 5.76. The van der Waals surface area contributed by atoms with Gasteiger partial charge in [0, 0.05) is 23.9 Å². The Morgan fingerprint density at radius 1 is 1.19 bits per heavy atom. The molecule has 0 unspecified atom stereocenters. The first-order valence-electron chi connectivity index (χ1n) is 8.81. The number of nitrogens with one attached hydrogen (secondary N) is 1. The SMILES string of the molecule is Cc1cc2nc(C)c(CCC(=O)NCCOc3ccccc3)c(C)n2n1. The second kappa shape index (κ2) is 7.99. The zero-order chi connectivity index (χ0) is 18.5. The van der Waals surface area contributed by atoms with E-state index < -0.39 is 0 Å². The van der Waals surface area contributed by atoms with E-state index >= 15 is 0 Å². The van der Waals surface area contributed by atoms with Crippen LogP contribution in [-0.4, -0.2) is 33.7 Å². The standard InChI is InChI=1S/C20H24N4O2/c1-14-13-19-22-15(2)18(16(3)24(19)23-14)9-10-20(25)21-11-12-26-17-7-5-4-6-8-17/h4-8,13H,9-12H2,1-3H3,(H,21,25). The first-order chi connectivity index (χ1) is 12.5. The minimum Gasteiger partial charge on any atom is -0.492 e. The highest BCUT2D eigenvalue weighted by Crippen LogP contribution is 2.17. The molecule has 0 atom stereocenters. The van der Waals surface area contributed by atoms with E-state index in [1.54, 1.807) is 0 Å². The lowest BCUT2D eigenvalue weighted by Gasteiger charge is -2.11. The third-order valence-corrected chi connectivity index (χ3v) is 4.32. The van der Waals surface area contributed by atoms with Crippen molar-refractivity contribution in [2.45, 2.75) is 33.6 Å². The Kier molecular flexibility index (Phi) is 5.51. The van der Waals surface area contributed by atoms with Crippen LogP contribution in [0.25, 0.3) is 5.65 Å². The number of carbonyl (C=O) groups excluding carboxylic acids is 1. The van der Waals surface area contributed by atoms with E-state index in [9.17, 15) is 4.79 Å². The molecule has 6 heteroatoms. The summed E-state index contributed by atoms with van der Waals surface area (Å²) in [5.41, 5.74) is 4.87. The molecule has 2 aromatic heterocycles. The molecule has 0 aliphatic heterocycles. The number of aromatic nitrogens is 3. The Hall–Kier alpha value is -2.89. The number of amides is 1. The summed E-state index contributed by atoms with van der Waals surface area (Å²) < 4.78 is 7.42. The normalized spacial score (nSPS) is 10.9. The number of aryl methyl sites for hydroxylation is 3. The molecule has 1 aromatic carbocycles. The maximum atomic E-state index is 12.1. The zero-order valence-electron chi connectivity index (χ0n) is 15.5. The second-order valence-corrected chi connectivity index (χ2v) is 6.33. The van der Waals surface area contributed by atoms with E-state index in [-0.39, 0.29) is 5.91 Å². The van der Waals surface area contributed by atoms with Crippen LogP contribution in [0.3, 0.4) is 0 Å². The number of hydrogen-bond donors (Lipinski definition) is 1. The number of carbonyl (C=O) groups is 1. The fourth-order valence-electron chi connectivity index (χ4n) is 3.01. The summed E-state index contributed by atoms with van der Waals surface area (Å²) in [6.07, 6.45) is 1.06. The first-order valence-corrected chi connectivity index (χ1v) is 8.81. The number of rotatable bonds is 7. The van der Waals surface area contributed by atoms with Crippen molar-refractivity contribution in [2.75, 3.05) is 13.2 Å². The molecule has 0 saturated carbocycles. The van der Waals surface area contributed by atoms with Crippen LogP contribution in [0.2, 0.25) is 0 Å². The third kappa shape index (κ3) is 4.20. The Balaban J connectivity index is 1.50. The highest BCUT2D eigenvalue weighted by atomic mass is 16.5. The summed E-state index contributed by atoms with van der Waals surface area (Å²) >= 11 is 0. The molecule has 0 aliphatic carbocycles. The van der Waals surface area contributed by atoms with Crippen LogP contribution >= 0.6 is 0 Å². The minimum absolute atomic E-state index is 0.0113. The van der Waals surface area contributed by atoms with Gasteiger partial charge in [0.2, 0.25) is 5.91 Å². The minimum atomic E-state index is 0.0113. The molecule has 0 bridgehead atoms. The van der Waals surface area contributed by atoms with Crippen molar-refractivity contribution in [3.63, 3.8) is 0 Å². The van der Waals surface area contributed by atoms with Gasteiger partial charge in [0.1, 0.15) is 12.4 Å². The van der Waals surface area contributed by atoms with Crippen molar-refractivity contribution in [1.82, 2.24) is 19.9 Å². The van der Waals surface area contributed by atoms with Crippen molar-refractivity contribution in [3.8, 4) is 5.75 Å². The molecule has 3 rings (SSSR count). The maximum absolute atomic E-state index is 12.1. The monoisotopic (exact) mass is 352 g/mol. The van der Waals surface area contributed by atoms with Gasteiger partial charge < -0.3 is 10.1 Å². The van der Waals surface area contributed by atoms with Crippen LogP contribution in [0, 0.1) is 20.8 Å². The van der Waals surface area contributed by atoms with Crippen LogP contribution in [0.4, 0.5) is 0 Å². The molecule has 3 aromatic rings. The predicted molar refractivity (Wildman–Crippen MR) is 100 cm³/mol. The average molecular weight is 352 g/mol. The molecular formula is C20H24N4O2. The van der Waals surface area contributed by atoms with E-state index in [0.717, 1.165) is 34.0 Å². The molecule has 136 valence electrons. The van der Waals surface area contributed by atoms with Crippen molar-refractivity contribution >= 4 is 11.6 Å². The summed E-state index contributed by atoms with van der Waals surface area (Å²) in [6.45, 7) is 6.90. The largest absolute Gasteiger partial charge is 0.492 e. The van der Waals surface area contributed by atoms with Crippen LogP contribution in [-0.2, 0) is 11.2 Å². The molecule has 2 heterocycles. The molecule has 0 radical (unpaired) electrons. The number of ether oxygens (including phenoxy) is 1. The molecule has 0 spiro atoms. The summed E-state index contributed by atoms with van der Waals surface area (Å²) in [4.78, 5) is 16.7. The molecule has 1 amide bonds. The van der Waals surface area contributed by atoms with Crippen LogP contribution in [0.15, 0.2) is 36.4 Å². The summed E-state index contributed by atoms with van der Waals surface area (Å²) in [7, 11) is 0. The first kappa shape index (κ1) is 17.9. The van der Waals surface area contributed by atoms with E-state index in [2.05, 4.69) is 15.4 Å². The van der Waals surface area contributed by atoms with E-state index in [4.69, 9.17) is 4.74 Å². The van der Waals surface area contributed by atoms with E-state index in [1.165, 1.54) is 0 Å². The van der Waals surface area contributed by atoms with Gasteiger partial charge in [-0.05, 0) is 44.9 Å². The summed E-state index contributed by atoms with van der Waals surface area (Å²) in [5, 5.41) is 7.36. The predicted octanol–water partition coefficient (Wildman–Crippen LogP) is 2.78.